The summed E-state index contributed by atoms with van der Waals surface area (Å²) >= 11 is 0. The lowest BCUT2D eigenvalue weighted by atomic mass is 9.91. The van der Waals surface area contributed by atoms with Crippen molar-refractivity contribution in [3.8, 4) is 79.7 Å². The van der Waals surface area contributed by atoms with Gasteiger partial charge in [0.05, 0.1) is 23.3 Å². The van der Waals surface area contributed by atoms with Crippen molar-refractivity contribution in [3.05, 3.63) is 175 Å². The number of nitriles is 2. The molecule has 0 N–H and O–H groups in total. The van der Waals surface area contributed by atoms with Gasteiger partial charge in [0, 0.05) is 33.0 Å². The molecule has 7 aromatic carbocycles. The molecule has 6 heteroatoms. The lowest BCUT2D eigenvalue weighted by Gasteiger charge is -2.13. The lowest BCUT2D eigenvalue weighted by Crippen LogP contribution is -2.00. The molecule has 0 aliphatic rings. The summed E-state index contributed by atoms with van der Waals surface area (Å²) in [6, 6.07) is 58.3. The van der Waals surface area contributed by atoms with E-state index >= 15 is 0 Å². The molecular formula is C47H27N5O. The molecule has 0 radical (unpaired) electrons. The number of fused-ring (bicyclic) bond motifs is 3. The minimum absolute atomic E-state index is 0.453. The van der Waals surface area contributed by atoms with Crippen LogP contribution >= 0.6 is 0 Å². The van der Waals surface area contributed by atoms with Gasteiger partial charge in [-0.25, -0.2) is 15.0 Å². The molecule has 0 saturated heterocycles. The van der Waals surface area contributed by atoms with Gasteiger partial charge >= 0.3 is 0 Å². The molecule has 0 atom stereocenters. The molecule has 246 valence electrons. The first-order valence-corrected chi connectivity index (χ1v) is 17.1. The van der Waals surface area contributed by atoms with Crippen molar-refractivity contribution >= 4 is 21.9 Å². The Balaban J connectivity index is 1.17. The summed E-state index contributed by atoms with van der Waals surface area (Å²) in [6.45, 7) is 0. The van der Waals surface area contributed by atoms with Crippen molar-refractivity contribution in [1.29, 1.82) is 10.5 Å². The van der Waals surface area contributed by atoms with Crippen molar-refractivity contribution in [2.45, 2.75) is 0 Å². The number of hydrogen-bond donors (Lipinski definition) is 0. The first-order chi connectivity index (χ1) is 26.1. The number of rotatable bonds is 6. The van der Waals surface area contributed by atoms with Crippen molar-refractivity contribution in [1.82, 2.24) is 15.0 Å². The molecule has 6 nitrogen and oxygen atoms in total. The highest BCUT2D eigenvalue weighted by atomic mass is 16.3. The van der Waals surface area contributed by atoms with Crippen LogP contribution in [0.3, 0.4) is 0 Å². The van der Waals surface area contributed by atoms with E-state index in [2.05, 4.69) is 66.7 Å². The van der Waals surface area contributed by atoms with Crippen LogP contribution in [0.4, 0.5) is 0 Å². The first-order valence-electron chi connectivity index (χ1n) is 17.1. The molecule has 2 heterocycles. The Morgan fingerprint density at radius 2 is 0.887 bits per heavy atom. The third kappa shape index (κ3) is 5.87. The Morgan fingerprint density at radius 3 is 1.47 bits per heavy atom. The average Bonchev–Trinajstić information content (AvgIpc) is 3.62. The lowest BCUT2D eigenvalue weighted by molar-refractivity contribution is 0.670. The maximum atomic E-state index is 9.52. The number of furan rings is 1. The van der Waals surface area contributed by atoms with Gasteiger partial charge in [0.25, 0.3) is 0 Å². The molecule has 0 aliphatic heterocycles. The fraction of sp³-hybridized carbons (Fsp3) is 0. The zero-order valence-electron chi connectivity index (χ0n) is 28.2. The van der Waals surface area contributed by atoms with Crippen LogP contribution in [0.1, 0.15) is 11.1 Å². The van der Waals surface area contributed by atoms with Crippen molar-refractivity contribution < 1.29 is 4.42 Å². The predicted molar refractivity (Wildman–Crippen MR) is 209 cm³/mol. The molecule has 0 unspecified atom stereocenters. The molecule has 0 amide bonds. The van der Waals surface area contributed by atoms with Crippen LogP contribution in [-0.2, 0) is 0 Å². The van der Waals surface area contributed by atoms with Crippen LogP contribution in [-0.4, -0.2) is 15.0 Å². The van der Waals surface area contributed by atoms with Gasteiger partial charge < -0.3 is 4.42 Å². The molecule has 9 aromatic rings. The summed E-state index contributed by atoms with van der Waals surface area (Å²) in [4.78, 5) is 14.7. The van der Waals surface area contributed by atoms with E-state index in [1.165, 1.54) is 0 Å². The smallest absolute Gasteiger partial charge is 0.164 e. The molecule has 0 spiro atoms. The molecule has 0 aliphatic carbocycles. The van der Waals surface area contributed by atoms with Crippen LogP contribution in [0.25, 0.3) is 89.5 Å². The summed E-state index contributed by atoms with van der Waals surface area (Å²) in [5.74, 6) is 1.81. The molecule has 9 rings (SSSR count). The minimum atomic E-state index is 0.453. The van der Waals surface area contributed by atoms with Crippen molar-refractivity contribution in [2.24, 2.45) is 0 Å². The van der Waals surface area contributed by atoms with Gasteiger partial charge in [0.1, 0.15) is 11.2 Å². The summed E-state index contributed by atoms with van der Waals surface area (Å²) in [5.41, 5.74) is 10.9. The van der Waals surface area contributed by atoms with E-state index < -0.39 is 0 Å². The maximum absolute atomic E-state index is 9.52. The second-order valence-electron chi connectivity index (χ2n) is 12.7. The van der Waals surface area contributed by atoms with E-state index in [-0.39, 0.29) is 0 Å². The average molecular weight is 678 g/mol. The fourth-order valence-corrected chi connectivity index (χ4v) is 6.81. The maximum Gasteiger partial charge on any atom is 0.164 e. The number of aromatic nitrogens is 3. The summed E-state index contributed by atoms with van der Waals surface area (Å²) in [5, 5.41) is 21.1. The van der Waals surface area contributed by atoms with Crippen LogP contribution < -0.4 is 0 Å². The van der Waals surface area contributed by atoms with Gasteiger partial charge in [-0.1, -0.05) is 133 Å². The quantitative estimate of drug-likeness (QED) is 0.174. The Hall–Kier alpha value is -7.67. The SMILES string of the molecule is N#Cc1cc(C#N)cc(-c2ccc(-c3ccc4c(oc5ccccc54)c3-c3ccc(-c4nc(-c5ccccc5)nc(-c5ccccc5)n4)cc3)cc2)c1. The Labute approximate surface area is 305 Å². The number of benzene rings is 7. The molecular weight excluding hydrogens is 651 g/mol. The summed E-state index contributed by atoms with van der Waals surface area (Å²) in [6.07, 6.45) is 0. The van der Waals surface area contributed by atoms with Crippen LogP contribution in [0.5, 0.6) is 0 Å². The molecule has 2 aromatic heterocycles. The van der Waals surface area contributed by atoms with Gasteiger partial charge in [-0.2, -0.15) is 10.5 Å². The normalized spacial score (nSPS) is 11.0. The van der Waals surface area contributed by atoms with Crippen LogP contribution in [0.15, 0.2) is 168 Å². The third-order valence-electron chi connectivity index (χ3n) is 9.40. The fourth-order valence-electron chi connectivity index (χ4n) is 6.81. The molecule has 53 heavy (non-hydrogen) atoms. The van der Waals surface area contributed by atoms with Crippen LogP contribution in [0, 0.1) is 22.7 Å². The topological polar surface area (TPSA) is 99.4 Å². The van der Waals surface area contributed by atoms with Gasteiger partial charge in [-0.15, -0.1) is 0 Å². The van der Waals surface area contributed by atoms with E-state index in [4.69, 9.17) is 19.4 Å². The van der Waals surface area contributed by atoms with Gasteiger partial charge in [-0.05, 0) is 58.1 Å². The monoisotopic (exact) mass is 677 g/mol. The van der Waals surface area contributed by atoms with Gasteiger partial charge in [-0.3, -0.25) is 0 Å². The number of para-hydroxylation sites is 1. The minimum Gasteiger partial charge on any atom is -0.455 e. The van der Waals surface area contributed by atoms with E-state index in [0.717, 1.165) is 72.0 Å². The van der Waals surface area contributed by atoms with Crippen LogP contribution in [0.2, 0.25) is 0 Å². The second-order valence-corrected chi connectivity index (χ2v) is 12.7. The highest BCUT2D eigenvalue weighted by molar-refractivity contribution is 6.12. The zero-order valence-corrected chi connectivity index (χ0v) is 28.2. The first kappa shape index (κ1) is 31.3. The highest BCUT2D eigenvalue weighted by Gasteiger charge is 2.19. The molecule has 0 bridgehead atoms. The Bertz CT molecular complexity index is 2790. The summed E-state index contributed by atoms with van der Waals surface area (Å²) in [7, 11) is 0. The Kier molecular flexibility index (Phi) is 7.82. The van der Waals surface area contributed by atoms with Gasteiger partial charge in [0.15, 0.2) is 17.5 Å². The Morgan fingerprint density at radius 1 is 0.396 bits per heavy atom. The summed E-state index contributed by atoms with van der Waals surface area (Å²) < 4.78 is 6.59. The van der Waals surface area contributed by atoms with Gasteiger partial charge in [0.2, 0.25) is 0 Å². The van der Waals surface area contributed by atoms with Crippen molar-refractivity contribution in [3.63, 3.8) is 0 Å². The number of nitrogens with zero attached hydrogens (tertiary/aromatic N) is 5. The second kappa shape index (κ2) is 13.2. The van der Waals surface area contributed by atoms with Crippen molar-refractivity contribution in [2.75, 3.05) is 0 Å². The standard InChI is InChI=1S/C47H27N5O/c48-28-30-25-31(29-49)27-38(26-30)32-15-17-33(18-16-32)39-23-24-41-40-13-7-8-14-42(40)53-44(41)43(39)34-19-21-37(22-20-34)47-51-45(35-9-3-1-4-10-35)50-46(52-47)36-11-5-2-6-12-36/h1-27H. The highest BCUT2D eigenvalue weighted by Crippen LogP contribution is 2.43. The van der Waals surface area contributed by atoms with E-state index in [1.54, 1.807) is 18.2 Å². The van der Waals surface area contributed by atoms with E-state index in [0.29, 0.717) is 28.6 Å². The van der Waals surface area contributed by atoms with E-state index in [9.17, 15) is 10.5 Å². The largest absolute Gasteiger partial charge is 0.455 e. The molecule has 0 fully saturated rings. The van der Waals surface area contributed by atoms with E-state index in [1.807, 2.05) is 91.0 Å². The predicted octanol–water partition coefficient (Wildman–Crippen LogP) is 11.5. The zero-order chi connectivity index (χ0) is 35.7. The number of hydrogen-bond acceptors (Lipinski definition) is 6. The molecule has 0 saturated carbocycles. The third-order valence-corrected chi connectivity index (χ3v) is 9.40.